The fourth-order valence-electron chi connectivity index (χ4n) is 1.09. The Morgan fingerprint density at radius 1 is 1.44 bits per heavy atom. The lowest BCUT2D eigenvalue weighted by atomic mass is 10.3. The molecule has 1 atom stereocenters. The van der Waals surface area contributed by atoms with E-state index < -0.39 is 6.10 Å². The first-order valence-corrected chi connectivity index (χ1v) is 5.72. The average molecular weight is 284 g/mol. The first kappa shape index (κ1) is 13.0. The highest BCUT2D eigenvalue weighted by atomic mass is 79.9. The van der Waals surface area contributed by atoms with E-state index in [2.05, 4.69) is 27.2 Å². The van der Waals surface area contributed by atoms with E-state index >= 15 is 0 Å². The molecule has 0 aliphatic carbocycles. The summed E-state index contributed by atoms with van der Waals surface area (Å²) in [6.07, 6.45) is 4.51. The Morgan fingerprint density at radius 2 is 2.12 bits per heavy atom. The van der Waals surface area contributed by atoms with Gasteiger partial charge in [0.15, 0.2) is 0 Å². The van der Waals surface area contributed by atoms with Crippen molar-refractivity contribution in [2.24, 2.45) is 0 Å². The molecule has 0 amide bonds. The van der Waals surface area contributed by atoms with Gasteiger partial charge in [-0.3, -0.25) is 0 Å². The Labute approximate surface area is 104 Å². The molecule has 1 rings (SSSR count). The molecule has 1 unspecified atom stereocenters. The number of aliphatic hydroxyl groups is 1. The minimum Gasteiger partial charge on any atom is -0.491 e. The van der Waals surface area contributed by atoms with Crippen LogP contribution < -0.4 is 10.1 Å². The van der Waals surface area contributed by atoms with Crippen molar-refractivity contribution in [3.8, 4) is 18.1 Å². The minimum atomic E-state index is -0.558. The molecule has 0 fully saturated rings. The van der Waals surface area contributed by atoms with Gasteiger partial charge in [0, 0.05) is 11.0 Å². The predicted octanol–water partition coefficient (Wildman–Crippen LogP) is 1.41. The van der Waals surface area contributed by atoms with Gasteiger partial charge in [-0.25, -0.2) is 0 Å². The summed E-state index contributed by atoms with van der Waals surface area (Å²) in [5.74, 6) is 3.17. The molecule has 2 N–H and O–H groups in total. The van der Waals surface area contributed by atoms with Gasteiger partial charge < -0.3 is 15.2 Å². The third kappa shape index (κ3) is 5.17. The molecule has 1 aromatic carbocycles. The first-order chi connectivity index (χ1) is 7.72. The van der Waals surface area contributed by atoms with Crippen molar-refractivity contribution in [3.05, 3.63) is 28.7 Å². The van der Waals surface area contributed by atoms with Crippen LogP contribution >= 0.6 is 15.9 Å². The van der Waals surface area contributed by atoms with Crippen molar-refractivity contribution >= 4 is 15.9 Å². The predicted molar refractivity (Wildman–Crippen MR) is 67.3 cm³/mol. The van der Waals surface area contributed by atoms with E-state index in [0.29, 0.717) is 13.1 Å². The number of terminal acetylenes is 1. The van der Waals surface area contributed by atoms with Crippen LogP contribution in [-0.2, 0) is 0 Å². The summed E-state index contributed by atoms with van der Waals surface area (Å²) in [4.78, 5) is 0. The molecular weight excluding hydrogens is 270 g/mol. The van der Waals surface area contributed by atoms with Crippen LogP contribution in [0.15, 0.2) is 28.7 Å². The van der Waals surface area contributed by atoms with E-state index in [1.165, 1.54) is 0 Å². The highest BCUT2D eigenvalue weighted by Gasteiger charge is 2.03. The molecule has 0 saturated carbocycles. The Bertz CT molecular complexity index is 345. The Hall–Kier alpha value is -1.02. The Morgan fingerprint density at radius 3 is 2.75 bits per heavy atom. The summed E-state index contributed by atoms with van der Waals surface area (Å²) >= 11 is 3.33. The standard InChI is InChI=1S/C12H14BrNO2/c1-2-7-14-8-11(15)9-16-12-5-3-10(13)4-6-12/h1,3-6,11,14-15H,7-9H2. The average Bonchev–Trinajstić information content (AvgIpc) is 2.29. The zero-order valence-electron chi connectivity index (χ0n) is 8.82. The molecule has 16 heavy (non-hydrogen) atoms. The van der Waals surface area contributed by atoms with Gasteiger partial charge >= 0.3 is 0 Å². The lowest BCUT2D eigenvalue weighted by Gasteiger charge is -2.12. The van der Waals surface area contributed by atoms with Gasteiger partial charge in [-0.05, 0) is 24.3 Å². The van der Waals surface area contributed by atoms with Gasteiger partial charge in [0.25, 0.3) is 0 Å². The zero-order chi connectivity index (χ0) is 11.8. The number of nitrogens with one attached hydrogen (secondary N) is 1. The minimum absolute atomic E-state index is 0.249. The largest absolute Gasteiger partial charge is 0.491 e. The van der Waals surface area contributed by atoms with E-state index in [1.54, 1.807) is 0 Å². The Balaban J connectivity index is 2.23. The van der Waals surface area contributed by atoms with E-state index in [4.69, 9.17) is 11.2 Å². The van der Waals surface area contributed by atoms with E-state index in [0.717, 1.165) is 10.2 Å². The normalized spacial score (nSPS) is 11.8. The number of rotatable bonds is 6. The SMILES string of the molecule is C#CCNCC(O)COc1ccc(Br)cc1. The number of halogens is 1. The fraction of sp³-hybridized carbons (Fsp3) is 0.333. The van der Waals surface area contributed by atoms with Crippen LogP contribution in [0.2, 0.25) is 0 Å². The fourth-order valence-corrected chi connectivity index (χ4v) is 1.36. The van der Waals surface area contributed by atoms with Crippen LogP contribution in [0.5, 0.6) is 5.75 Å². The van der Waals surface area contributed by atoms with Crippen molar-refractivity contribution in [2.45, 2.75) is 6.10 Å². The molecular formula is C12H14BrNO2. The maximum absolute atomic E-state index is 9.53. The van der Waals surface area contributed by atoms with Crippen LogP contribution in [0.25, 0.3) is 0 Å². The topological polar surface area (TPSA) is 41.5 Å². The van der Waals surface area contributed by atoms with Gasteiger partial charge in [0.2, 0.25) is 0 Å². The summed E-state index contributed by atoms with van der Waals surface area (Å²) in [5.41, 5.74) is 0. The molecule has 0 aromatic heterocycles. The summed E-state index contributed by atoms with van der Waals surface area (Å²) < 4.78 is 6.39. The molecule has 0 heterocycles. The van der Waals surface area contributed by atoms with Gasteiger partial charge in [0.05, 0.1) is 6.54 Å². The van der Waals surface area contributed by atoms with Crippen LogP contribution in [0.3, 0.4) is 0 Å². The zero-order valence-corrected chi connectivity index (χ0v) is 10.4. The number of ether oxygens (including phenoxy) is 1. The van der Waals surface area contributed by atoms with Crippen molar-refractivity contribution in [3.63, 3.8) is 0 Å². The van der Waals surface area contributed by atoms with E-state index in [9.17, 15) is 5.11 Å². The summed E-state index contributed by atoms with van der Waals surface area (Å²) in [5, 5.41) is 12.4. The summed E-state index contributed by atoms with van der Waals surface area (Å²) in [6, 6.07) is 7.45. The highest BCUT2D eigenvalue weighted by molar-refractivity contribution is 9.10. The monoisotopic (exact) mass is 283 g/mol. The van der Waals surface area contributed by atoms with Crippen LogP contribution in [0.1, 0.15) is 0 Å². The summed E-state index contributed by atoms with van der Waals surface area (Å²) in [7, 11) is 0. The molecule has 1 aromatic rings. The van der Waals surface area contributed by atoms with Gasteiger partial charge in [-0.2, -0.15) is 0 Å². The Kier molecular flexibility index (Phi) is 5.94. The second-order valence-corrected chi connectivity index (χ2v) is 4.17. The van der Waals surface area contributed by atoms with E-state index in [1.807, 2.05) is 24.3 Å². The first-order valence-electron chi connectivity index (χ1n) is 4.93. The van der Waals surface area contributed by atoms with Crippen molar-refractivity contribution in [1.82, 2.24) is 5.32 Å². The second-order valence-electron chi connectivity index (χ2n) is 3.25. The van der Waals surface area contributed by atoms with E-state index in [-0.39, 0.29) is 6.61 Å². The lowest BCUT2D eigenvalue weighted by Crippen LogP contribution is -2.31. The number of hydrogen-bond donors (Lipinski definition) is 2. The van der Waals surface area contributed by atoms with Crippen LogP contribution in [-0.4, -0.2) is 30.9 Å². The lowest BCUT2D eigenvalue weighted by molar-refractivity contribution is 0.107. The van der Waals surface area contributed by atoms with Crippen LogP contribution in [0, 0.1) is 12.3 Å². The molecule has 3 nitrogen and oxygen atoms in total. The van der Waals surface area contributed by atoms with Gasteiger partial charge in [0.1, 0.15) is 18.5 Å². The molecule has 0 spiro atoms. The van der Waals surface area contributed by atoms with Gasteiger partial charge in [-0.1, -0.05) is 21.9 Å². The third-order valence-corrected chi connectivity index (χ3v) is 2.39. The van der Waals surface area contributed by atoms with Gasteiger partial charge in [-0.15, -0.1) is 6.42 Å². The molecule has 0 aliphatic rings. The maximum atomic E-state index is 9.53. The molecule has 0 radical (unpaired) electrons. The highest BCUT2D eigenvalue weighted by Crippen LogP contribution is 2.16. The maximum Gasteiger partial charge on any atom is 0.119 e. The molecule has 0 bridgehead atoms. The molecule has 4 heteroatoms. The number of benzene rings is 1. The number of hydrogen-bond acceptors (Lipinski definition) is 3. The smallest absolute Gasteiger partial charge is 0.119 e. The van der Waals surface area contributed by atoms with Crippen molar-refractivity contribution in [2.75, 3.05) is 19.7 Å². The van der Waals surface area contributed by atoms with Crippen molar-refractivity contribution in [1.29, 1.82) is 0 Å². The molecule has 0 aliphatic heterocycles. The second kappa shape index (κ2) is 7.29. The third-order valence-electron chi connectivity index (χ3n) is 1.86. The molecule has 0 saturated heterocycles. The quantitative estimate of drug-likeness (QED) is 0.613. The summed E-state index contributed by atoms with van der Waals surface area (Å²) in [6.45, 7) is 1.13. The molecule has 86 valence electrons. The van der Waals surface area contributed by atoms with Crippen molar-refractivity contribution < 1.29 is 9.84 Å². The number of aliphatic hydroxyl groups excluding tert-OH is 1. The van der Waals surface area contributed by atoms with Crippen LogP contribution in [0.4, 0.5) is 0 Å².